The zero-order chi connectivity index (χ0) is 20.3. The topological polar surface area (TPSA) is 142 Å². The van der Waals surface area contributed by atoms with Gasteiger partial charge in [0.2, 0.25) is 0 Å². The third-order valence-corrected chi connectivity index (χ3v) is 4.99. The second-order valence-corrected chi connectivity index (χ2v) is 6.75. The number of nitrogens with zero attached hydrogens (tertiary/aromatic N) is 2. The van der Waals surface area contributed by atoms with Crippen molar-refractivity contribution in [2.45, 2.75) is 6.92 Å². The van der Waals surface area contributed by atoms with Gasteiger partial charge in [-0.2, -0.15) is 10.4 Å². The van der Waals surface area contributed by atoms with E-state index < -0.39 is 11.9 Å². The van der Waals surface area contributed by atoms with Gasteiger partial charge in [-0.05, 0) is 36.8 Å². The zero-order valence-corrected chi connectivity index (χ0v) is 15.4. The van der Waals surface area contributed by atoms with E-state index in [4.69, 9.17) is 20.5 Å². The fourth-order valence-corrected chi connectivity index (χ4v) is 3.39. The number of nitrogen functional groups attached to an aromatic ring is 1. The minimum absolute atomic E-state index is 0.152. The van der Waals surface area contributed by atoms with Gasteiger partial charge >= 0.3 is 5.97 Å². The van der Waals surface area contributed by atoms with Crippen molar-refractivity contribution in [1.82, 2.24) is 5.43 Å². The standard InChI is InChI=1S/C19H14N4O4S/c1-10-14(8-20)17(21)28-16(10)18(24)23-22-9-13-5-6-15(27-13)11-3-2-4-12(7-11)19(25)26/h2-7,9H,21H2,1H3,(H,23,24)(H,25,26). The number of carboxylic acids is 1. The molecule has 1 aromatic carbocycles. The quantitative estimate of drug-likeness (QED) is 0.448. The van der Waals surface area contributed by atoms with E-state index in [-0.39, 0.29) is 10.6 Å². The fourth-order valence-electron chi connectivity index (χ4n) is 2.48. The van der Waals surface area contributed by atoms with E-state index in [0.717, 1.165) is 11.3 Å². The summed E-state index contributed by atoms with van der Waals surface area (Å²) in [5.74, 6) is -0.664. The average molecular weight is 394 g/mol. The van der Waals surface area contributed by atoms with Gasteiger partial charge in [0, 0.05) is 5.56 Å². The minimum Gasteiger partial charge on any atom is -0.478 e. The lowest BCUT2D eigenvalue weighted by molar-refractivity contribution is 0.0696. The average Bonchev–Trinajstić information content (AvgIpc) is 3.26. The highest BCUT2D eigenvalue weighted by Gasteiger charge is 2.18. The summed E-state index contributed by atoms with van der Waals surface area (Å²) in [6.45, 7) is 1.65. The number of hydrogen-bond acceptors (Lipinski definition) is 7. The van der Waals surface area contributed by atoms with E-state index in [1.807, 2.05) is 6.07 Å². The van der Waals surface area contributed by atoms with Gasteiger partial charge in [0.15, 0.2) is 0 Å². The monoisotopic (exact) mass is 394 g/mol. The fraction of sp³-hybridized carbons (Fsp3) is 0.0526. The third-order valence-electron chi connectivity index (χ3n) is 3.87. The maximum absolute atomic E-state index is 12.2. The molecule has 140 valence electrons. The Morgan fingerprint density at radius 2 is 2.14 bits per heavy atom. The van der Waals surface area contributed by atoms with Crippen molar-refractivity contribution in [3.05, 3.63) is 63.7 Å². The third kappa shape index (κ3) is 3.77. The van der Waals surface area contributed by atoms with E-state index >= 15 is 0 Å². The molecule has 4 N–H and O–H groups in total. The van der Waals surface area contributed by atoms with E-state index in [1.54, 1.807) is 31.2 Å². The van der Waals surface area contributed by atoms with Crippen LogP contribution in [0, 0.1) is 18.3 Å². The summed E-state index contributed by atoms with van der Waals surface area (Å²) in [4.78, 5) is 23.6. The molecule has 0 radical (unpaired) electrons. The molecule has 3 aromatic rings. The van der Waals surface area contributed by atoms with Crippen molar-refractivity contribution in [1.29, 1.82) is 5.26 Å². The second kappa shape index (κ2) is 7.77. The number of anilines is 1. The second-order valence-electron chi connectivity index (χ2n) is 5.69. The molecular weight excluding hydrogens is 380 g/mol. The van der Waals surface area contributed by atoms with Crippen LogP contribution in [0.2, 0.25) is 0 Å². The Balaban J connectivity index is 1.71. The molecule has 0 aliphatic carbocycles. The number of amides is 1. The van der Waals surface area contributed by atoms with Crippen LogP contribution < -0.4 is 11.2 Å². The molecule has 0 unspecified atom stereocenters. The van der Waals surface area contributed by atoms with Gasteiger partial charge in [0.05, 0.1) is 17.3 Å². The summed E-state index contributed by atoms with van der Waals surface area (Å²) in [7, 11) is 0. The van der Waals surface area contributed by atoms with E-state index in [0.29, 0.717) is 33.1 Å². The molecule has 0 saturated carbocycles. The van der Waals surface area contributed by atoms with Gasteiger partial charge in [-0.3, -0.25) is 4.79 Å². The van der Waals surface area contributed by atoms with Crippen molar-refractivity contribution >= 4 is 34.4 Å². The summed E-state index contributed by atoms with van der Waals surface area (Å²) in [5.41, 5.74) is 9.65. The highest BCUT2D eigenvalue weighted by molar-refractivity contribution is 7.18. The number of carboxylic acid groups (broad SMARTS) is 1. The number of nitrogens with one attached hydrogen (secondary N) is 1. The molecule has 8 nitrogen and oxygen atoms in total. The van der Waals surface area contributed by atoms with Gasteiger partial charge < -0.3 is 15.3 Å². The summed E-state index contributed by atoms with van der Waals surface area (Å²) in [5, 5.41) is 22.2. The molecule has 2 heterocycles. The highest BCUT2D eigenvalue weighted by atomic mass is 32.1. The Morgan fingerprint density at radius 3 is 2.82 bits per heavy atom. The van der Waals surface area contributed by atoms with Crippen LogP contribution in [0.25, 0.3) is 11.3 Å². The lowest BCUT2D eigenvalue weighted by Crippen LogP contribution is -2.17. The van der Waals surface area contributed by atoms with Crippen molar-refractivity contribution < 1.29 is 19.1 Å². The van der Waals surface area contributed by atoms with E-state index in [2.05, 4.69) is 10.5 Å². The number of hydrazone groups is 1. The Labute approximate surface area is 163 Å². The molecule has 28 heavy (non-hydrogen) atoms. The number of aromatic carboxylic acids is 1. The van der Waals surface area contributed by atoms with Gasteiger partial charge in [-0.25, -0.2) is 10.2 Å². The van der Waals surface area contributed by atoms with Gasteiger partial charge in [-0.1, -0.05) is 12.1 Å². The van der Waals surface area contributed by atoms with Crippen LogP contribution in [0.5, 0.6) is 0 Å². The van der Waals surface area contributed by atoms with Crippen molar-refractivity contribution in [3.8, 4) is 17.4 Å². The Morgan fingerprint density at radius 1 is 1.36 bits per heavy atom. The van der Waals surface area contributed by atoms with Gasteiger partial charge in [0.1, 0.15) is 27.5 Å². The van der Waals surface area contributed by atoms with Crippen molar-refractivity contribution in [2.75, 3.05) is 5.73 Å². The van der Waals surface area contributed by atoms with E-state index in [1.165, 1.54) is 18.3 Å². The molecule has 9 heteroatoms. The van der Waals surface area contributed by atoms with Crippen LogP contribution in [0.15, 0.2) is 45.9 Å². The zero-order valence-electron chi connectivity index (χ0n) is 14.6. The molecule has 0 aliphatic rings. The molecule has 2 aromatic heterocycles. The molecule has 0 aliphatic heterocycles. The number of nitrogens with two attached hydrogens (primary N) is 1. The van der Waals surface area contributed by atoms with Crippen LogP contribution in [0.3, 0.4) is 0 Å². The molecule has 0 atom stereocenters. The maximum atomic E-state index is 12.2. The first kappa shape index (κ1) is 18.9. The lowest BCUT2D eigenvalue weighted by Gasteiger charge is -1.99. The van der Waals surface area contributed by atoms with Crippen molar-refractivity contribution in [3.63, 3.8) is 0 Å². The smallest absolute Gasteiger partial charge is 0.335 e. The molecule has 0 bridgehead atoms. The normalized spacial score (nSPS) is 10.7. The van der Waals surface area contributed by atoms with Crippen LogP contribution >= 0.6 is 11.3 Å². The number of carbonyl (C=O) groups is 2. The number of hydrogen-bond donors (Lipinski definition) is 3. The van der Waals surface area contributed by atoms with Crippen LogP contribution in [-0.4, -0.2) is 23.2 Å². The van der Waals surface area contributed by atoms with Crippen molar-refractivity contribution in [2.24, 2.45) is 5.10 Å². The largest absolute Gasteiger partial charge is 0.478 e. The summed E-state index contributed by atoms with van der Waals surface area (Å²) >= 11 is 1.02. The number of benzene rings is 1. The number of thiophene rings is 1. The molecule has 3 rings (SSSR count). The first-order valence-corrected chi connectivity index (χ1v) is 8.78. The Bertz CT molecular complexity index is 1140. The SMILES string of the molecule is Cc1c(C(=O)NN=Cc2ccc(-c3cccc(C(=O)O)c3)o2)sc(N)c1C#N. The first-order chi connectivity index (χ1) is 13.4. The summed E-state index contributed by atoms with van der Waals surface area (Å²) in [6.07, 6.45) is 1.32. The highest BCUT2D eigenvalue weighted by Crippen LogP contribution is 2.29. The Hall–Kier alpha value is -3.90. The molecule has 0 spiro atoms. The van der Waals surface area contributed by atoms with Crippen LogP contribution in [0.1, 0.15) is 36.9 Å². The van der Waals surface area contributed by atoms with Gasteiger partial charge in [0.25, 0.3) is 5.91 Å². The number of carbonyl (C=O) groups excluding carboxylic acids is 1. The predicted octanol–water partition coefficient (Wildman–Crippen LogP) is 3.23. The predicted molar refractivity (Wildman–Crippen MR) is 104 cm³/mol. The van der Waals surface area contributed by atoms with Crippen LogP contribution in [0.4, 0.5) is 5.00 Å². The molecular formula is C19H14N4O4S. The number of rotatable bonds is 5. The van der Waals surface area contributed by atoms with E-state index in [9.17, 15) is 9.59 Å². The summed E-state index contributed by atoms with van der Waals surface area (Å²) < 4.78 is 5.60. The van der Waals surface area contributed by atoms with Crippen LogP contribution in [-0.2, 0) is 0 Å². The molecule has 1 amide bonds. The minimum atomic E-state index is -1.03. The first-order valence-electron chi connectivity index (χ1n) is 7.96. The van der Waals surface area contributed by atoms with Gasteiger partial charge in [-0.15, -0.1) is 11.3 Å². The number of furan rings is 1. The lowest BCUT2D eigenvalue weighted by atomic mass is 10.1. The number of nitriles is 1. The summed E-state index contributed by atoms with van der Waals surface area (Å²) in [6, 6.07) is 11.6. The molecule has 0 fully saturated rings. The maximum Gasteiger partial charge on any atom is 0.335 e. The Kier molecular flexibility index (Phi) is 5.24. The molecule has 0 saturated heterocycles.